The Bertz CT molecular complexity index is 761. The van der Waals surface area contributed by atoms with Gasteiger partial charge in [-0.25, -0.2) is 4.79 Å². The maximum Gasteiger partial charge on any atom is 0.341 e. The van der Waals surface area contributed by atoms with Crippen LogP contribution in [0.4, 0.5) is 5.00 Å². The summed E-state index contributed by atoms with van der Waals surface area (Å²) in [7, 11) is 0. The van der Waals surface area contributed by atoms with Crippen molar-refractivity contribution in [2.75, 3.05) is 18.5 Å². The quantitative estimate of drug-likeness (QED) is 0.573. The number of esters is 1. The molecule has 1 heterocycles. The Balaban J connectivity index is 1.95. The monoisotopic (exact) mass is 390 g/mol. The number of nitrogens with one attached hydrogen (secondary N) is 2. The highest BCUT2D eigenvalue weighted by Crippen LogP contribution is 2.29. The van der Waals surface area contributed by atoms with Gasteiger partial charge in [0.1, 0.15) is 5.00 Å². The minimum Gasteiger partial charge on any atom is -0.462 e. The van der Waals surface area contributed by atoms with Crippen LogP contribution in [0.15, 0.2) is 36.4 Å². The Morgan fingerprint density at radius 3 is 2.56 bits per heavy atom. The smallest absolute Gasteiger partial charge is 0.341 e. The highest BCUT2D eigenvalue weighted by atomic mass is 32.1. The summed E-state index contributed by atoms with van der Waals surface area (Å²) in [5.74, 6) is -0.721. The zero-order valence-electron chi connectivity index (χ0n) is 15.8. The van der Waals surface area contributed by atoms with E-state index in [0.29, 0.717) is 10.6 Å². The first-order chi connectivity index (χ1) is 13.0. The summed E-state index contributed by atoms with van der Waals surface area (Å²) in [5, 5.41) is 16.6. The summed E-state index contributed by atoms with van der Waals surface area (Å²) >= 11 is 1.37. The number of hydrogen-bond donors (Lipinski definition) is 3. The summed E-state index contributed by atoms with van der Waals surface area (Å²) < 4.78 is 5.05. The van der Waals surface area contributed by atoms with Gasteiger partial charge in [-0.15, -0.1) is 11.3 Å². The average molecular weight is 391 g/mol. The topological polar surface area (TPSA) is 87.7 Å². The number of carbonyl (C=O) groups is 2. The number of aryl methyl sites for hydroxylation is 1. The number of carbonyl (C=O) groups excluding carboxylic acids is 2. The number of aliphatic hydroxyl groups is 1. The predicted molar refractivity (Wildman–Crippen MR) is 107 cm³/mol. The van der Waals surface area contributed by atoms with Crippen molar-refractivity contribution in [3.8, 4) is 0 Å². The van der Waals surface area contributed by atoms with Crippen molar-refractivity contribution < 1.29 is 19.4 Å². The molecule has 6 nitrogen and oxygen atoms in total. The largest absolute Gasteiger partial charge is 0.462 e. The van der Waals surface area contributed by atoms with Gasteiger partial charge >= 0.3 is 5.97 Å². The number of aliphatic hydroxyl groups excluding tert-OH is 1. The molecule has 2 atom stereocenters. The number of anilines is 1. The van der Waals surface area contributed by atoms with Gasteiger partial charge in [-0.05, 0) is 31.9 Å². The van der Waals surface area contributed by atoms with E-state index in [0.717, 1.165) is 16.9 Å². The minimum atomic E-state index is -0.720. The molecule has 0 saturated carbocycles. The van der Waals surface area contributed by atoms with E-state index in [4.69, 9.17) is 4.74 Å². The van der Waals surface area contributed by atoms with Crippen LogP contribution in [-0.2, 0) is 16.0 Å². The molecule has 27 heavy (non-hydrogen) atoms. The minimum absolute atomic E-state index is 0.0205. The summed E-state index contributed by atoms with van der Waals surface area (Å²) in [4.78, 5) is 25.4. The Kier molecular flexibility index (Phi) is 7.97. The molecule has 0 bridgehead atoms. The molecule has 146 valence electrons. The van der Waals surface area contributed by atoms with Crippen LogP contribution in [0.5, 0.6) is 0 Å². The van der Waals surface area contributed by atoms with E-state index in [9.17, 15) is 14.7 Å². The lowest BCUT2D eigenvalue weighted by molar-refractivity contribution is -0.115. The third kappa shape index (κ3) is 5.89. The zero-order chi connectivity index (χ0) is 19.8. The van der Waals surface area contributed by atoms with E-state index in [-0.39, 0.29) is 25.1 Å². The average Bonchev–Trinajstić information content (AvgIpc) is 3.09. The van der Waals surface area contributed by atoms with Gasteiger partial charge in [-0.3, -0.25) is 4.79 Å². The van der Waals surface area contributed by atoms with Gasteiger partial charge in [0.05, 0.1) is 24.8 Å². The first-order valence-corrected chi connectivity index (χ1v) is 9.83. The SMILES string of the molecule is CCOC(=O)c1cc(CC)sc1NC(=O)CNC(C)C(O)c1ccccc1. The number of ether oxygens (including phenoxy) is 1. The summed E-state index contributed by atoms with van der Waals surface area (Å²) in [6.07, 6.45) is 0.0495. The lowest BCUT2D eigenvalue weighted by Gasteiger charge is -2.20. The van der Waals surface area contributed by atoms with Crippen LogP contribution in [0.1, 0.15) is 47.7 Å². The van der Waals surface area contributed by atoms with Crippen molar-refractivity contribution in [3.63, 3.8) is 0 Å². The number of amides is 1. The third-order valence-electron chi connectivity index (χ3n) is 4.08. The Hall–Kier alpha value is -2.22. The molecule has 0 radical (unpaired) electrons. The van der Waals surface area contributed by atoms with Gasteiger partial charge < -0.3 is 20.5 Å². The Morgan fingerprint density at radius 2 is 1.93 bits per heavy atom. The molecule has 2 rings (SSSR count). The Labute approximate surface area is 163 Å². The number of rotatable bonds is 9. The molecule has 2 unspecified atom stereocenters. The molecule has 0 fully saturated rings. The summed E-state index contributed by atoms with van der Waals surface area (Å²) in [6.45, 7) is 5.84. The molecule has 0 aliphatic rings. The van der Waals surface area contributed by atoms with Crippen molar-refractivity contribution in [2.45, 2.75) is 39.3 Å². The molecule has 7 heteroatoms. The zero-order valence-corrected chi connectivity index (χ0v) is 16.6. The maximum absolute atomic E-state index is 12.3. The molecule has 0 saturated heterocycles. The van der Waals surface area contributed by atoms with E-state index in [2.05, 4.69) is 10.6 Å². The van der Waals surface area contributed by atoms with Crippen LogP contribution < -0.4 is 10.6 Å². The van der Waals surface area contributed by atoms with Gasteiger partial charge in [-0.2, -0.15) is 0 Å². The van der Waals surface area contributed by atoms with Crippen LogP contribution in [0.2, 0.25) is 0 Å². The van der Waals surface area contributed by atoms with Crippen molar-refractivity contribution in [3.05, 3.63) is 52.4 Å². The van der Waals surface area contributed by atoms with E-state index in [1.807, 2.05) is 44.2 Å². The standard InChI is InChI=1S/C20H26N2O4S/c1-4-15-11-16(20(25)26-5-2)19(27-15)22-17(23)12-21-13(3)18(24)14-9-7-6-8-10-14/h6-11,13,18,21,24H,4-5,12H2,1-3H3,(H,22,23). The summed E-state index contributed by atoms with van der Waals surface area (Å²) in [5.41, 5.74) is 1.16. The number of thiophene rings is 1. The fourth-order valence-corrected chi connectivity index (χ4v) is 3.55. The van der Waals surface area contributed by atoms with E-state index < -0.39 is 12.1 Å². The van der Waals surface area contributed by atoms with Crippen molar-refractivity contribution >= 4 is 28.2 Å². The van der Waals surface area contributed by atoms with Crippen molar-refractivity contribution in [1.82, 2.24) is 5.32 Å². The second-order valence-corrected chi connectivity index (χ2v) is 7.24. The first-order valence-electron chi connectivity index (χ1n) is 9.02. The molecule has 1 amide bonds. The van der Waals surface area contributed by atoms with E-state index in [1.54, 1.807) is 13.0 Å². The molecule has 1 aromatic carbocycles. The fourth-order valence-electron chi connectivity index (χ4n) is 2.54. The van der Waals surface area contributed by atoms with Gasteiger partial charge in [0.25, 0.3) is 0 Å². The Morgan fingerprint density at radius 1 is 1.22 bits per heavy atom. The molecule has 1 aromatic heterocycles. The fraction of sp³-hybridized carbons (Fsp3) is 0.400. The molecule has 0 spiro atoms. The first kappa shape index (κ1) is 21.1. The molecule has 0 aliphatic carbocycles. The van der Waals surface area contributed by atoms with Crippen LogP contribution in [-0.4, -0.2) is 36.2 Å². The lowest BCUT2D eigenvalue weighted by Crippen LogP contribution is -2.38. The molecule has 3 N–H and O–H groups in total. The van der Waals surface area contributed by atoms with Crippen LogP contribution in [0.3, 0.4) is 0 Å². The lowest BCUT2D eigenvalue weighted by atomic mass is 10.0. The van der Waals surface area contributed by atoms with Crippen LogP contribution >= 0.6 is 11.3 Å². The number of benzene rings is 1. The van der Waals surface area contributed by atoms with Crippen molar-refractivity contribution in [2.24, 2.45) is 0 Å². The van der Waals surface area contributed by atoms with Crippen molar-refractivity contribution in [1.29, 1.82) is 0 Å². The highest BCUT2D eigenvalue weighted by molar-refractivity contribution is 7.16. The molecule has 0 aliphatic heterocycles. The second-order valence-electron chi connectivity index (χ2n) is 6.10. The molecular formula is C20H26N2O4S. The van der Waals surface area contributed by atoms with Crippen LogP contribution in [0.25, 0.3) is 0 Å². The van der Waals surface area contributed by atoms with Gasteiger partial charge in [0.15, 0.2) is 0 Å². The van der Waals surface area contributed by atoms with Gasteiger partial charge in [-0.1, -0.05) is 37.3 Å². The molecule has 2 aromatic rings. The summed E-state index contributed by atoms with van der Waals surface area (Å²) in [6, 6.07) is 10.7. The highest BCUT2D eigenvalue weighted by Gasteiger charge is 2.20. The number of hydrogen-bond acceptors (Lipinski definition) is 6. The predicted octanol–water partition coefficient (Wildman–Crippen LogP) is 3.14. The molecular weight excluding hydrogens is 364 g/mol. The van der Waals surface area contributed by atoms with E-state index >= 15 is 0 Å². The van der Waals surface area contributed by atoms with Gasteiger partial charge in [0.2, 0.25) is 5.91 Å². The van der Waals surface area contributed by atoms with Crippen LogP contribution in [0, 0.1) is 0 Å². The van der Waals surface area contributed by atoms with Gasteiger partial charge in [0, 0.05) is 10.9 Å². The maximum atomic E-state index is 12.3. The van der Waals surface area contributed by atoms with E-state index in [1.165, 1.54) is 11.3 Å². The normalized spacial score (nSPS) is 13.0. The third-order valence-corrected chi connectivity index (χ3v) is 5.27. The second kappa shape index (κ2) is 10.2.